The first-order chi connectivity index (χ1) is 19.7. The number of ether oxygens (including phenoxy) is 2. The van der Waals surface area contributed by atoms with E-state index in [0.29, 0.717) is 40.9 Å². The Morgan fingerprint density at radius 2 is 1.80 bits per heavy atom. The normalized spacial score (nSPS) is 15.6. The van der Waals surface area contributed by atoms with E-state index >= 15 is 0 Å². The molecule has 214 valence electrons. The number of nitrogens with one attached hydrogen (secondary N) is 2. The van der Waals surface area contributed by atoms with Gasteiger partial charge in [0.15, 0.2) is 5.65 Å². The van der Waals surface area contributed by atoms with E-state index in [4.69, 9.17) is 14.5 Å². The van der Waals surface area contributed by atoms with E-state index in [0.717, 1.165) is 50.5 Å². The number of rotatable bonds is 7. The molecule has 4 aromatic rings. The molecular formula is C30H35N7O4. The Labute approximate surface area is 238 Å². The molecule has 0 atom stereocenters. The molecule has 1 aliphatic carbocycles. The number of fused-ring (bicyclic) bond motifs is 1. The number of benzene rings is 2. The number of carbonyl (C=O) groups is 1. The first-order valence-corrected chi connectivity index (χ1v) is 14.0. The van der Waals surface area contributed by atoms with Crippen LogP contribution in [0.15, 0.2) is 59.5 Å². The molecule has 11 nitrogen and oxygen atoms in total. The second-order valence-electron chi connectivity index (χ2n) is 11.5. The van der Waals surface area contributed by atoms with Gasteiger partial charge in [-0.25, -0.2) is 19.1 Å². The maximum atomic E-state index is 13.7. The number of morpholine rings is 1. The Morgan fingerprint density at radius 1 is 1.05 bits per heavy atom. The van der Waals surface area contributed by atoms with Crippen molar-refractivity contribution in [3.63, 3.8) is 0 Å². The largest absolute Gasteiger partial charge is 0.444 e. The van der Waals surface area contributed by atoms with Crippen molar-refractivity contribution in [2.24, 2.45) is 5.92 Å². The first-order valence-electron chi connectivity index (χ1n) is 14.0. The molecule has 6 rings (SSSR count). The average Bonchev–Trinajstić information content (AvgIpc) is 3.72. The smallest absolute Gasteiger partial charge is 0.412 e. The van der Waals surface area contributed by atoms with Gasteiger partial charge in [-0.3, -0.25) is 9.88 Å². The van der Waals surface area contributed by atoms with E-state index in [1.807, 2.05) is 18.2 Å². The van der Waals surface area contributed by atoms with Crippen molar-refractivity contribution in [1.29, 1.82) is 0 Å². The average molecular weight is 558 g/mol. The van der Waals surface area contributed by atoms with Gasteiger partial charge in [-0.05, 0) is 82.0 Å². The molecule has 2 aromatic heterocycles. The molecule has 1 saturated carbocycles. The minimum Gasteiger partial charge on any atom is -0.444 e. The number of nitrogens with zero attached hydrogens (tertiary/aromatic N) is 5. The summed E-state index contributed by atoms with van der Waals surface area (Å²) < 4.78 is 14.2. The lowest BCUT2D eigenvalue weighted by atomic mass is 10.2. The second-order valence-corrected chi connectivity index (χ2v) is 11.5. The summed E-state index contributed by atoms with van der Waals surface area (Å²) in [5.41, 5.74) is 3.42. The molecule has 0 radical (unpaired) electrons. The molecule has 11 heteroatoms. The van der Waals surface area contributed by atoms with Crippen LogP contribution in [0.4, 0.5) is 27.8 Å². The molecule has 3 heterocycles. The zero-order chi connectivity index (χ0) is 28.6. The highest BCUT2D eigenvalue weighted by atomic mass is 16.6. The van der Waals surface area contributed by atoms with Crippen LogP contribution in [0.2, 0.25) is 0 Å². The molecule has 0 unspecified atom stereocenters. The monoisotopic (exact) mass is 557 g/mol. The van der Waals surface area contributed by atoms with Gasteiger partial charge in [0.1, 0.15) is 11.1 Å². The third-order valence-electron chi connectivity index (χ3n) is 7.06. The molecule has 1 amide bonds. The summed E-state index contributed by atoms with van der Waals surface area (Å²) in [5, 5.41) is 6.04. The van der Waals surface area contributed by atoms with E-state index in [1.54, 1.807) is 54.3 Å². The highest BCUT2D eigenvalue weighted by Crippen LogP contribution is 2.32. The lowest BCUT2D eigenvalue weighted by Gasteiger charge is -2.28. The predicted octanol–water partition coefficient (Wildman–Crippen LogP) is 4.92. The van der Waals surface area contributed by atoms with Crippen LogP contribution in [0.3, 0.4) is 0 Å². The Bertz CT molecular complexity index is 1610. The van der Waals surface area contributed by atoms with Crippen LogP contribution in [-0.4, -0.2) is 57.1 Å². The number of hydrogen-bond donors (Lipinski definition) is 2. The van der Waals surface area contributed by atoms with Gasteiger partial charge < -0.3 is 19.7 Å². The van der Waals surface area contributed by atoms with Gasteiger partial charge >= 0.3 is 11.8 Å². The maximum Gasteiger partial charge on any atom is 0.412 e. The highest BCUT2D eigenvalue weighted by Gasteiger charge is 2.26. The molecule has 0 bridgehead atoms. The van der Waals surface area contributed by atoms with Gasteiger partial charge in [0.05, 0.1) is 25.1 Å². The third kappa shape index (κ3) is 6.19. The number of hydrogen-bond acceptors (Lipinski definition) is 8. The van der Waals surface area contributed by atoms with Crippen molar-refractivity contribution in [3.8, 4) is 5.69 Å². The van der Waals surface area contributed by atoms with Gasteiger partial charge in [-0.2, -0.15) is 4.98 Å². The lowest BCUT2D eigenvalue weighted by Crippen LogP contribution is -2.36. The van der Waals surface area contributed by atoms with E-state index in [2.05, 4.69) is 32.7 Å². The van der Waals surface area contributed by atoms with E-state index in [-0.39, 0.29) is 5.69 Å². The summed E-state index contributed by atoms with van der Waals surface area (Å²) in [6.07, 6.45) is 3.35. The molecule has 0 spiro atoms. The fourth-order valence-corrected chi connectivity index (χ4v) is 4.91. The fraction of sp³-hybridized carbons (Fsp3) is 0.400. The number of imidazole rings is 1. The van der Waals surface area contributed by atoms with Gasteiger partial charge in [0.2, 0.25) is 5.95 Å². The first kappa shape index (κ1) is 26.8. The summed E-state index contributed by atoms with van der Waals surface area (Å²) in [6, 6.07) is 15.2. The van der Waals surface area contributed by atoms with Gasteiger partial charge in [-0.1, -0.05) is 6.07 Å². The standard InChI is InChI=1S/C30H35N7O4/c1-30(2,3)41-28(38)33-22-5-4-6-24(17-22)37-26-25(36(29(37)39)19-20-7-8-20)18-31-27(34-26)32-21-9-11-23(12-10-21)35-13-15-40-16-14-35/h4-6,9-12,17-18,20H,7-8,13-16,19H2,1-3H3,(H,33,38)(H,31,32,34). The van der Waals surface area contributed by atoms with Crippen LogP contribution in [0.25, 0.3) is 16.9 Å². The van der Waals surface area contributed by atoms with E-state index < -0.39 is 11.7 Å². The minimum absolute atomic E-state index is 0.192. The Balaban J connectivity index is 1.31. The van der Waals surface area contributed by atoms with Crippen molar-refractivity contribution >= 4 is 40.3 Å². The Hall–Kier alpha value is -4.38. The highest BCUT2D eigenvalue weighted by molar-refractivity contribution is 5.85. The summed E-state index contributed by atoms with van der Waals surface area (Å²) in [7, 11) is 0. The van der Waals surface area contributed by atoms with Crippen molar-refractivity contribution in [2.45, 2.75) is 45.8 Å². The fourth-order valence-electron chi connectivity index (χ4n) is 4.91. The van der Waals surface area contributed by atoms with Crippen LogP contribution in [-0.2, 0) is 16.0 Å². The summed E-state index contributed by atoms with van der Waals surface area (Å²) in [5.74, 6) is 0.867. The second kappa shape index (κ2) is 10.9. The summed E-state index contributed by atoms with van der Waals surface area (Å²) in [4.78, 5) is 37.7. The SMILES string of the molecule is CC(C)(C)OC(=O)Nc1cccc(-n2c(=O)n(CC3CC3)c3cnc(Nc4ccc(N5CCOCC5)cc4)nc32)c1. The zero-order valence-electron chi connectivity index (χ0n) is 23.6. The quantitative estimate of drug-likeness (QED) is 0.329. The number of carbonyl (C=O) groups excluding carboxylic acids is 1. The Kier molecular flexibility index (Phi) is 7.12. The summed E-state index contributed by atoms with van der Waals surface area (Å²) >= 11 is 0. The molecule has 2 fully saturated rings. The number of aromatic nitrogens is 4. The maximum absolute atomic E-state index is 13.7. The van der Waals surface area contributed by atoms with Gasteiger partial charge in [0, 0.05) is 36.7 Å². The lowest BCUT2D eigenvalue weighted by molar-refractivity contribution is 0.0636. The van der Waals surface area contributed by atoms with Crippen LogP contribution in [0.1, 0.15) is 33.6 Å². The molecule has 2 N–H and O–H groups in total. The van der Waals surface area contributed by atoms with Crippen molar-refractivity contribution in [1.82, 2.24) is 19.1 Å². The molecular weight excluding hydrogens is 522 g/mol. The van der Waals surface area contributed by atoms with E-state index in [1.165, 1.54) is 0 Å². The van der Waals surface area contributed by atoms with E-state index in [9.17, 15) is 9.59 Å². The van der Waals surface area contributed by atoms with Crippen molar-refractivity contribution in [3.05, 3.63) is 65.2 Å². The Morgan fingerprint density at radius 3 is 2.51 bits per heavy atom. The van der Waals surface area contributed by atoms with Crippen molar-refractivity contribution < 1.29 is 14.3 Å². The topological polar surface area (TPSA) is 116 Å². The number of amides is 1. The molecule has 1 saturated heterocycles. The van der Waals surface area contributed by atoms with Crippen molar-refractivity contribution in [2.75, 3.05) is 41.8 Å². The third-order valence-corrected chi connectivity index (χ3v) is 7.06. The van der Waals surface area contributed by atoms with Gasteiger partial charge in [0.25, 0.3) is 0 Å². The molecule has 41 heavy (non-hydrogen) atoms. The predicted molar refractivity (Wildman–Crippen MR) is 158 cm³/mol. The molecule has 2 aromatic carbocycles. The molecule has 2 aliphatic rings. The van der Waals surface area contributed by atoms with Gasteiger partial charge in [-0.15, -0.1) is 0 Å². The van der Waals surface area contributed by atoms with Crippen LogP contribution in [0, 0.1) is 5.92 Å². The zero-order valence-corrected chi connectivity index (χ0v) is 23.6. The van der Waals surface area contributed by atoms with Crippen LogP contribution in [0.5, 0.6) is 0 Å². The van der Waals surface area contributed by atoms with Crippen LogP contribution >= 0.6 is 0 Å². The summed E-state index contributed by atoms with van der Waals surface area (Å²) in [6.45, 7) is 9.25. The minimum atomic E-state index is -0.627. The van der Waals surface area contributed by atoms with Crippen LogP contribution < -0.4 is 21.2 Å². The molecule has 1 aliphatic heterocycles. The number of anilines is 4.